The lowest BCUT2D eigenvalue weighted by Gasteiger charge is -2.18. The number of aliphatic carboxylic acids is 1. The molecule has 1 N–H and O–H groups in total. The molecule has 1 saturated heterocycles. The van der Waals surface area contributed by atoms with Crippen LogP contribution in [0, 0.1) is 0 Å². The molecular formula is C16H22N2O2. The predicted molar refractivity (Wildman–Crippen MR) is 80.4 cm³/mol. The van der Waals surface area contributed by atoms with Crippen LogP contribution in [0.5, 0.6) is 0 Å². The molecule has 1 aromatic rings. The van der Waals surface area contributed by atoms with Gasteiger partial charge in [0, 0.05) is 24.5 Å². The summed E-state index contributed by atoms with van der Waals surface area (Å²) in [7, 11) is 2.19. The molecule has 4 nitrogen and oxygen atoms in total. The summed E-state index contributed by atoms with van der Waals surface area (Å²) in [4.78, 5) is 16.3. The number of rotatable bonds is 3. The van der Waals surface area contributed by atoms with Crippen LogP contribution < -0.4 is 0 Å². The van der Waals surface area contributed by atoms with Crippen molar-refractivity contribution >= 4 is 5.97 Å². The molecule has 2 rings (SSSR count). The molecule has 0 spiro atoms. The molecule has 4 heteroatoms. The minimum absolute atomic E-state index is 0.610. The Kier molecular flexibility index (Phi) is 7.29. The van der Waals surface area contributed by atoms with Gasteiger partial charge in [-0.25, -0.2) is 4.79 Å². The van der Waals surface area contributed by atoms with Crippen molar-refractivity contribution in [3.05, 3.63) is 54.4 Å². The summed E-state index contributed by atoms with van der Waals surface area (Å²) in [6, 6.07) is 4.79. The van der Waals surface area contributed by atoms with E-state index in [-0.39, 0.29) is 0 Å². The number of hydrogen-bond acceptors (Lipinski definition) is 3. The average Bonchev–Trinajstić information content (AvgIpc) is 2.87. The van der Waals surface area contributed by atoms with E-state index in [1.807, 2.05) is 25.4 Å². The zero-order valence-electron chi connectivity index (χ0n) is 12.1. The summed E-state index contributed by atoms with van der Waals surface area (Å²) >= 11 is 0. The van der Waals surface area contributed by atoms with Crippen molar-refractivity contribution in [2.24, 2.45) is 0 Å². The third kappa shape index (κ3) is 5.80. The molecule has 1 aliphatic rings. The van der Waals surface area contributed by atoms with Gasteiger partial charge in [-0.15, -0.1) is 0 Å². The number of aromatic nitrogens is 1. The van der Waals surface area contributed by atoms with E-state index in [2.05, 4.69) is 23.0 Å². The molecule has 20 heavy (non-hydrogen) atoms. The Balaban J connectivity index is 0.000000221. The number of carboxylic acid groups (broad SMARTS) is 1. The van der Waals surface area contributed by atoms with E-state index in [9.17, 15) is 4.79 Å². The molecule has 2 heterocycles. The van der Waals surface area contributed by atoms with Crippen LogP contribution in [-0.2, 0) is 4.79 Å². The van der Waals surface area contributed by atoms with Gasteiger partial charge in [0.2, 0.25) is 0 Å². The van der Waals surface area contributed by atoms with Gasteiger partial charge in [-0.05, 0) is 45.0 Å². The number of allylic oxidation sites excluding steroid dienone is 3. The van der Waals surface area contributed by atoms with Crippen LogP contribution in [-0.4, -0.2) is 34.6 Å². The van der Waals surface area contributed by atoms with Gasteiger partial charge in [0.15, 0.2) is 0 Å². The summed E-state index contributed by atoms with van der Waals surface area (Å²) < 4.78 is 0. The molecule has 0 saturated carbocycles. The summed E-state index contributed by atoms with van der Waals surface area (Å²) in [6.45, 7) is 3.05. The van der Waals surface area contributed by atoms with E-state index in [0.717, 1.165) is 6.08 Å². The van der Waals surface area contributed by atoms with Crippen LogP contribution in [0.3, 0.4) is 0 Å². The Bertz CT molecular complexity index is 455. The fraction of sp³-hybridized carbons (Fsp3) is 0.375. The second-order valence-electron chi connectivity index (χ2n) is 4.65. The molecule has 1 aliphatic heterocycles. The lowest BCUT2D eigenvalue weighted by atomic mass is 10.1. The van der Waals surface area contributed by atoms with Crippen molar-refractivity contribution < 1.29 is 9.90 Å². The maximum atomic E-state index is 9.75. The molecular weight excluding hydrogens is 252 g/mol. The van der Waals surface area contributed by atoms with Gasteiger partial charge in [-0.2, -0.15) is 0 Å². The van der Waals surface area contributed by atoms with Gasteiger partial charge in [-0.3, -0.25) is 9.88 Å². The van der Waals surface area contributed by atoms with Crippen LogP contribution >= 0.6 is 0 Å². The fourth-order valence-corrected chi connectivity index (χ4v) is 2.15. The Morgan fingerprint density at radius 3 is 2.80 bits per heavy atom. The summed E-state index contributed by atoms with van der Waals surface area (Å²) in [5.74, 6) is -0.914. The molecule has 0 bridgehead atoms. The van der Waals surface area contributed by atoms with E-state index in [0.29, 0.717) is 6.04 Å². The summed E-state index contributed by atoms with van der Waals surface area (Å²) in [5, 5.41) is 8.02. The number of nitrogens with zero attached hydrogens (tertiary/aromatic N) is 2. The first kappa shape index (κ1) is 16.1. The zero-order valence-corrected chi connectivity index (χ0v) is 12.1. The largest absolute Gasteiger partial charge is 0.478 e. The number of likely N-dealkylation sites (tertiary alicyclic amines) is 1. The maximum Gasteiger partial charge on any atom is 0.328 e. The number of carbonyl (C=O) groups is 1. The minimum atomic E-state index is -0.914. The molecule has 1 aromatic heterocycles. The number of hydrogen-bond donors (Lipinski definition) is 1. The Hall–Kier alpha value is -1.94. The highest BCUT2D eigenvalue weighted by atomic mass is 16.4. The number of carboxylic acids is 1. The van der Waals surface area contributed by atoms with E-state index in [1.165, 1.54) is 31.0 Å². The topological polar surface area (TPSA) is 53.4 Å². The van der Waals surface area contributed by atoms with Gasteiger partial charge >= 0.3 is 5.97 Å². The van der Waals surface area contributed by atoms with Crippen molar-refractivity contribution in [1.29, 1.82) is 0 Å². The van der Waals surface area contributed by atoms with Crippen LogP contribution in [0.4, 0.5) is 0 Å². The molecule has 108 valence electrons. The summed E-state index contributed by atoms with van der Waals surface area (Å²) in [6.07, 6.45) is 12.4. The van der Waals surface area contributed by atoms with Crippen molar-refractivity contribution in [2.75, 3.05) is 13.6 Å². The minimum Gasteiger partial charge on any atom is -0.478 e. The first-order chi connectivity index (χ1) is 9.65. The van der Waals surface area contributed by atoms with Crippen LogP contribution in [0.1, 0.15) is 31.4 Å². The molecule has 1 fully saturated rings. The monoisotopic (exact) mass is 274 g/mol. The molecule has 0 amide bonds. The van der Waals surface area contributed by atoms with Crippen molar-refractivity contribution in [3.63, 3.8) is 0 Å². The van der Waals surface area contributed by atoms with E-state index < -0.39 is 5.97 Å². The fourth-order valence-electron chi connectivity index (χ4n) is 2.15. The van der Waals surface area contributed by atoms with Crippen LogP contribution in [0.2, 0.25) is 0 Å². The highest BCUT2D eigenvalue weighted by Gasteiger charge is 2.21. The van der Waals surface area contributed by atoms with Gasteiger partial charge in [0.25, 0.3) is 0 Å². The molecule has 0 unspecified atom stereocenters. The van der Waals surface area contributed by atoms with Crippen molar-refractivity contribution in [3.8, 4) is 0 Å². The Morgan fingerprint density at radius 2 is 2.30 bits per heavy atom. The number of pyridine rings is 1. The van der Waals surface area contributed by atoms with E-state index >= 15 is 0 Å². The van der Waals surface area contributed by atoms with Crippen LogP contribution in [0.15, 0.2) is 48.8 Å². The molecule has 0 radical (unpaired) electrons. The molecule has 1 atom stereocenters. The third-order valence-corrected chi connectivity index (χ3v) is 3.13. The van der Waals surface area contributed by atoms with Gasteiger partial charge in [0.05, 0.1) is 0 Å². The maximum absolute atomic E-state index is 9.75. The smallest absolute Gasteiger partial charge is 0.328 e. The predicted octanol–water partition coefficient (Wildman–Crippen LogP) is 3.05. The Labute approximate surface area is 120 Å². The first-order valence-corrected chi connectivity index (χ1v) is 6.77. The van der Waals surface area contributed by atoms with Gasteiger partial charge in [0.1, 0.15) is 0 Å². The van der Waals surface area contributed by atoms with Crippen LogP contribution in [0.25, 0.3) is 0 Å². The lowest BCUT2D eigenvalue weighted by Crippen LogP contribution is -2.17. The highest BCUT2D eigenvalue weighted by molar-refractivity contribution is 5.80. The van der Waals surface area contributed by atoms with E-state index in [1.54, 1.807) is 12.2 Å². The standard InChI is InChI=1S/C10H14N2.C6H8O2/c1-12-7-3-5-10(12)9-4-2-6-11-8-9;1-2-3-4-5-6(7)8/h2,4,6,8,10H,3,5,7H2,1H3;2-5H,1H3,(H,7,8)/t10-;/m0./s1. The van der Waals surface area contributed by atoms with Crippen molar-refractivity contribution in [2.45, 2.75) is 25.8 Å². The quantitative estimate of drug-likeness (QED) is 0.680. The van der Waals surface area contributed by atoms with Gasteiger partial charge in [-0.1, -0.05) is 24.3 Å². The third-order valence-electron chi connectivity index (χ3n) is 3.13. The molecule has 0 aliphatic carbocycles. The normalized spacial score (nSPS) is 19.2. The van der Waals surface area contributed by atoms with Crippen molar-refractivity contribution in [1.82, 2.24) is 9.88 Å². The lowest BCUT2D eigenvalue weighted by molar-refractivity contribution is -0.131. The van der Waals surface area contributed by atoms with E-state index in [4.69, 9.17) is 5.11 Å². The molecule has 0 aromatic carbocycles. The SMILES string of the molecule is CC=CC=CC(=O)O.CN1CCC[C@H]1c1cccnc1. The highest BCUT2D eigenvalue weighted by Crippen LogP contribution is 2.29. The first-order valence-electron chi connectivity index (χ1n) is 6.77. The Morgan fingerprint density at radius 1 is 1.50 bits per heavy atom. The second-order valence-corrected chi connectivity index (χ2v) is 4.65. The average molecular weight is 274 g/mol. The second kappa shape index (κ2) is 9.04. The van der Waals surface area contributed by atoms with Gasteiger partial charge < -0.3 is 5.11 Å². The zero-order chi connectivity index (χ0) is 14.8. The summed E-state index contributed by atoms with van der Waals surface area (Å²) in [5.41, 5.74) is 1.36.